The Bertz CT molecular complexity index is 547. The second-order valence-electron chi connectivity index (χ2n) is 3.57. The standard InChI is InChI=1S/C12H12BrClN4/c1-2-15-11-6-12(17-7-16-11)18-10-4-3-8(14)5-9(10)13/h3-7H,2H2,1H3,(H2,15,16,17,18). The van der Waals surface area contributed by atoms with Crippen LogP contribution in [0.15, 0.2) is 35.1 Å². The molecule has 0 saturated heterocycles. The van der Waals surface area contributed by atoms with E-state index in [1.165, 1.54) is 6.33 Å². The highest BCUT2D eigenvalue weighted by atomic mass is 79.9. The summed E-state index contributed by atoms with van der Waals surface area (Å²) < 4.78 is 0.888. The monoisotopic (exact) mass is 326 g/mol. The first-order valence-electron chi connectivity index (χ1n) is 5.47. The van der Waals surface area contributed by atoms with Crippen LogP contribution in [-0.4, -0.2) is 16.5 Å². The molecule has 0 atom stereocenters. The summed E-state index contributed by atoms with van der Waals surface area (Å²) in [6, 6.07) is 7.39. The average molecular weight is 328 g/mol. The fourth-order valence-electron chi connectivity index (χ4n) is 1.43. The summed E-state index contributed by atoms with van der Waals surface area (Å²) in [4.78, 5) is 8.28. The smallest absolute Gasteiger partial charge is 0.135 e. The number of hydrogen-bond acceptors (Lipinski definition) is 4. The molecule has 0 unspecified atom stereocenters. The van der Waals surface area contributed by atoms with Crippen LogP contribution in [0, 0.1) is 0 Å². The van der Waals surface area contributed by atoms with Crippen molar-refractivity contribution in [2.75, 3.05) is 17.2 Å². The lowest BCUT2D eigenvalue weighted by molar-refractivity contribution is 1.11. The molecule has 94 valence electrons. The van der Waals surface area contributed by atoms with E-state index in [9.17, 15) is 0 Å². The number of benzene rings is 1. The number of halogens is 2. The summed E-state index contributed by atoms with van der Waals surface area (Å²) in [6.45, 7) is 2.84. The second-order valence-corrected chi connectivity index (χ2v) is 4.86. The van der Waals surface area contributed by atoms with E-state index in [2.05, 4.69) is 36.5 Å². The van der Waals surface area contributed by atoms with Crippen molar-refractivity contribution in [3.8, 4) is 0 Å². The average Bonchev–Trinajstić information content (AvgIpc) is 2.34. The van der Waals surface area contributed by atoms with Gasteiger partial charge in [-0.3, -0.25) is 0 Å². The van der Waals surface area contributed by atoms with Crippen LogP contribution in [0.2, 0.25) is 5.02 Å². The molecule has 0 radical (unpaired) electrons. The molecule has 0 amide bonds. The largest absolute Gasteiger partial charge is 0.370 e. The summed E-state index contributed by atoms with van der Waals surface area (Å²) in [6.07, 6.45) is 1.52. The first kappa shape index (κ1) is 13.1. The highest BCUT2D eigenvalue weighted by Crippen LogP contribution is 2.28. The molecule has 2 aromatic rings. The van der Waals surface area contributed by atoms with E-state index < -0.39 is 0 Å². The van der Waals surface area contributed by atoms with E-state index in [4.69, 9.17) is 11.6 Å². The van der Waals surface area contributed by atoms with Gasteiger partial charge in [0.05, 0.1) is 5.69 Å². The Morgan fingerprint density at radius 2 is 2.00 bits per heavy atom. The minimum Gasteiger partial charge on any atom is -0.370 e. The van der Waals surface area contributed by atoms with Crippen molar-refractivity contribution in [1.82, 2.24) is 9.97 Å². The van der Waals surface area contributed by atoms with Gasteiger partial charge in [0.1, 0.15) is 18.0 Å². The van der Waals surface area contributed by atoms with Crippen LogP contribution in [0.25, 0.3) is 0 Å². The van der Waals surface area contributed by atoms with Crippen molar-refractivity contribution in [2.24, 2.45) is 0 Å². The summed E-state index contributed by atoms with van der Waals surface area (Å²) in [5.74, 6) is 1.52. The summed E-state index contributed by atoms with van der Waals surface area (Å²) in [7, 11) is 0. The number of hydrogen-bond donors (Lipinski definition) is 2. The topological polar surface area (TPSA) is 49.8 Å². The van der Waals surface area contributed by atoms with Crippen LogP contribution in [0.5, 0.6) is 0 Å². The van der Waals surface area contributed by atoms with Crippen LogP contribution in [-0.2, 0) is 0 Å². The molecule has 0 aliphatic carbocycles. The molecular weight excluding hydrogens is 316 g/mol. The van der Waals surface area contributed by atoms with E-state index in [0.29, 0.717) is 5.02 Å². The molecule has 2 N–H and O–H groups in total. The van der Waals surface area contributed by atoms with Crippen LogP contribution in [0.1, 0.15) is 6.92 Å². The normalized spacial score (nSPS) is 10.2. The fourth-order valence-corrected chi connectivity index (χ4v) is 2.21. The van der Waals surface area contributed by atoms with Crippen molar-refractivity contribution in [3.05, 3.63) is 40.1 Å². The van der Waals surface area contributed by atoms with Crippen molar-refractivity contribution in [2.45, 2.75) is 6.92 Å². The van der Waals surface area contributed by atoms with E-state index in [-0.39, 0.29) is 0 Å². The quantitative estimate of drug-likeness (QED) is 0.889. The molecule has 0 spiro atoms. The third-order valence-corrected chi connectivity index (χ3v) is 3.11. The zero-order valence-electron chi connectivity index (χ0n) is 9.74. The summed E-state index contributed by atoms with van der Waals surface area (Å²) >= 11 is 9.34. The number of nitrogens with one attached hydrogen (secondary N) is 2. The van der Waals surface area contributed by atoms with Gasteiger partial charge in [-0.1, -0.05) is 11.6 Å². The number of anilines is 3. The molecule has 1 aromatic carbocycles. The van der Waals surface area contributed by atoms with Crippen LogP contribution < -0.4 is 10.6 Å². The maximum Gasteiger partial charge on any atom is 0.135 e. The number of nitrogens with zero attached hydrogens (tertiary/aromatic N) is 2. The summed E-state index contributed by atoms with van der Waals surface area (Å²) in [5, 5.41) is 7.02. The van der Waals surface area contributed by atoms with Crippen molar-refractivity contribution in [3.63, 3.8) is 0 Å². The number of aromatic nitrogens is 2. The summed E-state index contributed by atoms with van der Waals surface area (Å²) in [5.41, 5.74) is 0.903. The van der Waals surface area contributed by atoms with Crippen LogP contribution in [0.4, 0.5) is 17.3 Å². The molecule has 0 saturated carbocycles. The SMILES string of the molecule is CCNc1cc(Nc2ccc(Cl)cc2Br)ncn1. The maximum atomic E-state index is 5.89. The van der Waals surface area contributed by atoms with Crippen molar-refractivity contribution in [1.29, 1.82) is 0 Å². The van der Waals surface area contributed by atoms with Gasteiger partial charge in [0.2, 0.25) is 0 Å². The van der Waals surface area contributed by atoms with Gasteiger partial charge < -0.3 is 10.6 Å². The molecule has 0 bridgehead atoms. The van der Waals surface area contributed by atoms with Crippen LogP contribution in [0.3, 0.4) is 0 Å². The molecule has 0 aliphatic heterocycles. The second kappa shape index (κ2) is 6.02. The lowest BCUT2D eigenvalue weighted by Gasteiger charge is -2.09. The first-order chi connectivity index (χ1) is 8.69. The highest BCUT2D eigenvalue weighted by molar-refractivity contribution is 9.10. The predicted molar refractivity (Wildman–Crippen MR) is 78.6 cm³/mol. The lowest BCUT2D eigenvalue weighted by atomic mass is 10.3. The molecule has 0 aliphatic rings. The third-order valence-electron chi connectivity index (χ3n) is 2.22. The Morgan fingerprint density at radius 3 is 2.72 bits per heavy atom. The molecular formula is C12H12BrClN4. The Labute approximate surface area is 119 Å². The van der Waals surface area contributed by atoms with Gasteiger partial charge in [0, 0.05) is 22.1 Å². The van der Waals surface area contributed by atoms with Gasteiger partial charge in [-0.25, -0.2) is 9.97 Å². The third kappa shape index (κ3) is 3.34. The minimum atomic E-state index is 0.684. The molecule has 0 fully saturated rings. The zero-order chi connectivity index (χ0) is 13.0. The Hall–Kier alpha value is -1.33. The van der Waals surface area contributed by atoms with E-state index in [0.717, 1.165) is 28.3 Å². The maximum absolute atomic E-state index is 5.89. The fraction of sp³-hybridized carbons (Fsp3) is 0.167. The Balaban J connectivity index is 2.20. The molecule has 18 heavy (non-hydrogen) atoms. The van der Waals surface area contributed by atoms with Crippen LogP contribution >= 0.6 is 27.5 Å². The van der Waals surface area contributed by atoms with Crippen molar-refractivity contribution >= 4 is 44.9 Å². The zero-order valence-corrected chi connectivity index (χ0v) is 12.1. The molecule has 1 heterocycles. The Morgan fingerprint density at radius 1 is 1.22 bits per heavy atom. The molecule has 4 nitrogen and oxygen atoms in total. The number of rotatable bonds is 4. The minimum absolute atomic E-state index is 0.684. The van der Waals surface area contributed by atoms with Crippen molar-refractivity contribution < 1.29 is 0 Å². The molecule has 1 aromatic heterocycles. The van der Waals surface area contributed by atoms with Gasteiger partial charge in [-0.05, 0) is 41.1 Å². The van der Waals surface area contributed by atoms with E-state index in [1.807, 2.05) is 31.2 Å². The molecule has 2 rings (SSSR count). The lowest BCUT2D eigenvalue weighted by Crippen LogP contribution is -2.01. The Kier molecular flexibility index (Phi) is 4.38. The predicted octanol–water partition coefficient (Wildman–Crippen LogP) is 4.07. The van der Waals surface area contributed by atoms with Gasteiger partial charge in [-0.2, -0.15) is 0 Å². The van der Waals surface area contributed by atoms with Gasteiger partial charge >= 0.3 is 0 Å². The highest BCUT2D eigenvalue weighted by Gasteiger charge is 2.03. The van der Waals surface area contributed by atoms with E-state index >= 15 is 0 Å². The van der Waals surface area contributed by atoms with Gasteiger partial charge in [0.15, 0.2) is 0 Å². The van der Waals surface area contributed by atoms with Gasteiger partial charge in [0.25, 0.3) is 0 Å². The van der Waals surface area contributed by atoms with Gasteiger partial charge in [-0.15, -0.1) is 0 Å². The van der Waals surface area contributed by atoms with E-state index in [1.54, 1.807) is 0 Å². The molecule has 6 heteroatoms. The first-order valence-corrected chi connectivity index (χ1v) is 6.64.